The second kappa shape index (κ2) is 15.6. The predicted octanol–water partition coefficient (Wildman–Crippen LogP) is 7.80. The summed E-state index contributed by atoms with van der Waals surface area (Å²) in [6.07, 6.45) is 0.903. The van der Waals surface area contributed by atoms with Crippen molar-refractivity contribution < 1.29 is 28.4 Å². The van der Waals surface area contributed by atoms with Crippen LogP contribution in [-0.2, 0) is 0 Å². The van der Waals surface area contributed by atoms with Crippen molar-refractivity contribution in [3.63, 3.8) is 0 Å². The van der Waals surface area contributed by atoms with E-state index in [4.69, 9.17) is 28.4 Å². The van der Waals surface area contributed by atoms with Crippen LogP contribution in [0.4, 0.5) is 11.4 Å². The first kappa shape index (κ1) is 37.0. The Bertz CT molecular complexity index is 2490. The Hall–Kier alpha value is -6.30. The molecule has 0 unspecified atom stereocenters. The summed E-state index contributed by atoms with van der Waals surface area (Å²) >= 11 is 0. The normalized spacial score (nSPS) is 12.5. The monoisotopic (exact) mass is 746 g/mol. The molecule has 0 aliphatic carbocycles. The number of hydrogen-bond acceptors (Lipinski definition) is 10. The molecule has 0 radical (unpaired) electrons. The van der Waals surface area contributed by atoms with E-state index in [1.807, 2.05) is 98.7 Å². The van der Waals surface area contributed by atoms with Crippen LogP contribution in [0.25, 0.3) is 44.1 Å². The molecule has 4 aromatic carbocycles. The van der Waals surface area contributed by atoms with Crippen LogP contribution >= 0.6 is 0 Å². The summed E-state index contributed by atoms with van der Waals surface area (Å²) < 4.78 is 34.1. The van der Waals surface area contributed by atoms with E-state index in [0.717, 1.165) is 62.3 Å². The largest absolute Gasteiger partial charge is 0.493 e. The summed E-state index contributed by atoms with van der Waals surface area (Å²) in [7, 11) is 7.96. The van der Waals surface area contributed by atoms with Gasteiger partial charge in [-0.3, -0.25) is 9.59 Å². The lowest BCUT2D eigenvalue weighted by atomic mass is 9.99. The predicted molar refractivity (Wildman–Crippen MR) is 217 cm³/mol. The van der Waals surface area contributed by atoms with E-state index in [9.17, 15) is 9.59 Å². The van der Waals surface area contributed by atoms with Crippen molar-refractivity contribution >= 4 is 33.2 Å². The van der Waals surface area contributed by atoms with E-state index in [-0.39, 0.29) is 24.7 Å². The molecule has 2 aliphatic heterocycles. The molecular formula is C43H46N4O8. The molecule has 2 aliphatic rings. The first-order chi connectivity index (χ1) is 26.5. The molecule has 0 atom stereocenters. The second-order valence-corrected chi connectivity index (χ2v) is 14.3. The first-order valence-corrected chi connectivity index (χ1v) is 18.3. The van der Waals surface area contributed by atoms with Crippen LogP contribution < -0.4 is 49.3 Å². The maximum absolute atomic E-state index is 12.4. The van der Waals surface area contributed by atoms with Crippen LogP contribution in [0.5, 0.6) is 34.5 Å². The molecule has 4 heterocycles. The number of aromatic amines is 2. The molecule has 0 saturated carbocycles. The molecule has 0 fully saturated rings. The summed E-state index contributed by atoms with van der Waals surface area (Å²) in [6.45, 7) is 7.87. The molecule has 0 bridgehead atoms. The highest BCUT2D eigenvalue weighted by Gasteiger charge is 2.21. The minimum absolute atomic E-state index is 0.172. The van der Waals surface area contributed by atoms with E-state index in [2.05, 4.69) is 30.7 Å². The molecule has 286 valence electrons. The number of nitrogens with one attached hydrogen (secondary N) is 2. The third-order valence-electron chi connectivity index (χ3n) is 9.25. The van der Waals surface area contributed by atoms with Crippen LogP contribution in [0.15, 0.2) is 82.4 Å². The average molecular weight is 747 g/mol. The first-order valence-electron chi connectivity index (χ1n) is 18.3. The lowest BCUT2D eigenvalue weighted by Crippen LogP contribution is -2.11. The lowest BCUT2D eigenvalue weighted by Gasteiger charge is -2.19. The summed E-state index contributed by atoms with van der Waals surface area (Å²) in [5.74, 6) is 4.53. The van der Waals surface area contributed by atoms with Gasteiger partial charge in [0.05, 0.1) is 24.2 Å². The van der Waals surface area contributed by atoms with Crippen LogP contribution in [-0.4, -0.2) is 65.0 Å². The fourth-order valence-corrected chi connectivity index (χ4v) is 6.47. The van der Waals surface area contributed by atoms with Crippen LogP contribution in [0.1, 0.15) is 27.2 Å². The van der Waals surface area contributed by atoms with Gasteiger partial charge in [-0.05, 0) is 48.7 Å². The zero-order chi connectivity index (χ0) is 38.8. The van der Waals surface area contributed by atoms with Gasteiger partial charge in [0, 0.05) is 109 Å². The highest BCUT2D eigenvalue weighted by molar-refractivity contribution is 5.99. The third kappa shape index (κ3) is 7.84. The molecule has 8 rings (SSSR count). The Kier molecular flexibility index (Phi) is 10.5. The van der Waals surface area contributed by atoms with Crippen molar-refractivity contribution in [2.45, 2.75) is 27.2 Å². The van der Waals surface area contributed by atoms with Gasteiger partial charge in [-0.15, -0.1) is 0 Å². The SMILES string of the molecule is CC(C)COc1cc(N(C)C)ccc1-c1cc(=O)[nH]c2cc3c(cc12)OCO3.CCCOc1cc(N(C)C)ccc1-c1cc(=O)[nH]c2cc3c(cc12)OCO3. The summed E-state index contributed by atoms with van der Waals surface area (Å²) in [5, 5.41) is 1.77. The number of aromatic nitrogens is 2. The van der Waals surface area contributed by atoms with Gasteiger partial charge in [-0.2, -0.15) is 0 Å². The smallest absolute Gasteiger partial charge is 0.249 e. The number of rotatable bonds is 10. The highest BCUT2D eigenvalue weighted by atomic mass is 16.7. The third-order valence-corrected chi connectivity index (χ3v) is 9.25. The molecular weight excluding hydrogens is 700 g/mol. The number of nitrogens with zero attached hydrogens (tertiary/aromatic N) is 2. The van der Waals surface area contributed by atoms with Crippen LogP contribution in [0, 0.1) is 5.92 Å². The minimum atomic E-state index is -0.173. The van der Waals surface area contributed by atoms with Crippen molar-refractivity contribution in [1.29, 1.82) is 0 Å². The lowest BCUT2D eigenvalue weighted by molar-refractivity contribution is 0.173. The quantitative estimate of drug-likeness (QED) is 0.143. The van der Waals surface area contributed by atoms with Crippen molar-refractivity contribution in [3.05, 3.63) is 93.5 Å². The fraction of sp³-hybridized carbons (Fsp3) is 0.302. The summed E-state index contributed by atoms with van der Waals surface area (Å²) in [4.78, 5) is 34.5. The molecule has 0 amide bonds. The zero-order valence-corrected chi connectivity index (χ0v) is 32.2. The number of benzene rings is 4. The van der Waals surface area contributed by atoms with E-state index in [1.54, 1.807) is 12.1 Å². The van der Waals surface area contributed by atoms with Gasteiger partial charge in [0.1, 0.15) is 11.5 Å². The van der Waals surface area contributed by atoms with E-state index in [1.165, 1.54) is 0 Å². The number of hydrogen-bond donors (Lipinski definition) is 2. The highest BCUT2D eigenvalue weighted by Crippen LogP contribution is 2.43. The zero-order valence-electron chi connectivity index (χ0n) is 32.2. The standard InChI is InChI=1S/C22H24N2O4.C21H22N2O4/c1-13(2)11-26-19-7-14(24(3)4)5-6-15(19)16-9-22(25)23-18-10-21-20(8-17(16)18)27-12-28-21;1-4-7-25-18-8-13(23(2)3)5-6-14(18)15-10-21(24)22-17-11-20-19(9-16(15)17)26-12-27-20/h5-10,13H,11-12H2,1-4H3,(H,23,25);5-6,8-11H,4,7,12H2,1-3H3,(H,22,24). The Morgan fingerprint density at radius 2 is 1.04 bits per heavy atom. The number of fused-ring (bicyclic) bond motifs is 4. The Morgan fingerprint density at radius 1 is 0.600 bits per heavy atom. The Morgan fingerprint density at radius 3 is 1.45 bits per heavy atom. The molecule has 6 aromatic rings. The van der Waals surface area contributed by atoms with Crippen molar-refractivity contribution in [3.8, 4) is 56.8 Å². The van der Waals surface area contributed by atoms with Crippen molar-refractivity contribution in [1.82, 2.24) is 9.97 Å². The molecule has 0 saturated heterocycles. The average Bonchev–Trinajstić information content (AvgIpc) is 3.82. The fourth-order valence-electron chi connectivity index (χ4n) is 6.47. The molecule has 2 N–H and O–H groups in total. The van der Waals surface area contributed by atoms with Gasteiger partial charge >= 0.3 is 0 Å². The number of H-pyrrole nitrogens is 2. The number of pyridine rings is 2. The maximum Gasteiger partial charge on any atom is 0.249 e. The van der Waals surface area contributed by atoms with Crippen LogP contribution in [0.2, 0.25) is 0 Å². The Labute approximate surface area is 319 Å². The molecule has 12 nitrogen and oxygen atoms in total. The maximum atomic E-state index is 12.4. The van der Waals surface area contributed by atoms with Gasteiger partial charge in [0.15, 0.2) is 23.0 Å². The van der Waals surface area contributed by atoms with Gasteiger partial charge in [0.25, 0.3) is 0 Å². The summed E-state index contributed by atoms with van der Waals surface area (Å²) in [5.41, 5.74) is 6.51. The summed E-state index contributed by atoms with van der Waals surface area (Å²) in [6, 6.07) is 22.7. The topological polar surface area (TPSA) is 128 Å². The van der Waals surface area contributed by atoms with Gasteiger partial charge in [-0.1, -0.05) is 20.8 Å². The van der Waals surface area contributed by atoms with E-state index < -0.39 is 0 Å². The molecule has 55 heavy (non-hydrogen) atoms. The van der Waals surface area contributed by atoms with Gasteiger partial charge < -0.3 is 48.2 Å². The molecule has 12 heteroatoms. The number of anilines is 2. The minimum Gasteiger partial charge on any atom is -0.493 e. The molecule has 2 aromatic heterocycles. The van der Waals surface area contributed by atoms with Crippen molar-refractivity contribution in [2.24, 2.45) is 5.92 Å². The van der Waals surface area contributed by atoms with Gasteiger partial charge in [0.2, 0.25) is 24.7 Å². The number of ether oxygens (including phenoxy) is 6. The molecule has 0 spiro atoms. The van der Waals surface area contributed by atoms with Gasteiger partial charge in [-0.25, -0.2) is 0 Å². The van der Waals surface area contributed by atoms with Crippen molar-refractivity contribution in [2.75, 3.05) is 64.8 Å². The van der Waals surface area contributed by atoms with E-state index >= 15 is 0 Å². The van der Waals surface area contributed by atoms with E-state index in [0.29, 0.717) is 53.2 Å². The van der Waals surface area contributed by atoms with Crippen LogP contribution in [0.3, 0.4) is 0 Å². The second-order valence-electron chi connectivity index (χ2n) is 14.3. The Balaban J connectivity index is 0.000000169.